The Hall–Kier alpha value is -0.653. The minimum Gasteiger partial charge on any atom is -0.405 e. The van der Waals surface area contributed by atoms with Crippen LogP contribution in [0.1, 0.15) is 20.3 Å². The summed E-state index contributed by atoms with van der Waals surface area (Å²) in [4.78, 5) is 0. The van der Waals surface area contributed by atoms with Crippen molar-refractivity contribution < 1.29 is 4.43 Å². The van der Waals surface area contributed by atoms with Crippen LogP contribution in [0.3, 0.4) is 0 Å². The smallest absolute Gasteiger partial charge is 0.283 e. The molecule has 0 fully saturated rings. The van der Waals surface area contributed by atoms with Crippen LogP contribution in [-0.2, 0) is 4.43 Å². The number of hydrogen-bond acceptors (Lipinski definition) is 1. The fraction of sp³-hybridized carbons (Fsp3) is 0.294. The zero-order valence-corrected chi connectivity index (χ0v) is 15.1. The minimum absolute atomic E-state index is 0.288. The van der Waals surface area contributed by atoms with Crippen molar-refractivity contribution in [1.29, 1.82) is 0 Å². The highest BCUT2D eigenvalue weighted by Crippen LogP contribution is 2.11. The molecule has 0 aliphatic heterocycles. The molecule has 1 radical (unpaired) electrons. The van der Waals surface area contributed by atoms with E-state index in [9.17, 15) is 0 Å². The van der Waals surface area contributed by atoms with Crippen molar-refractivity contribution in [2.45, 2.75) is 30.3 Å². The predicted octanol–water partition coefficient (Wildman–Crippen LogP) is 3.41. The molecule has 1 unspecified atom stereocenters. The van der Waals surface area contributed by atoms with E-state index in [1.54, 1.807) is 0 Å². The molecule has 0 N–H and O–H groups in total. The van der Waals surface area contributed by atoms with Gasteiger partial charge in [-0.2, -0.15) is 0 Å². The maximum Gasteiger partial charge on any atom is 0.283 e. The zero-order valence-electron chi connectivity index (χ0n) is 11.9. The summed E-state index contributed by atoms with van der Waals surface area (Å²) in [7, 11) is -1.15. The van der Waals surface area contributed by atoms with Crippen molar-refractivity contribution in [1.82, 2.24) is 0 Å². The molecule has 3 heteroatoms. The first-order chi connectivity index (χ1) is 9.66. The van der Waals surface area contributed by atoms with E-state index in [4.69, 9.17) is 4.43 Å². The Bertz CT molecular complexity index is 461. The van der Waals surface area contributed by atoms with Crippen molar-refractivity contribution in [2.24, 2.45) is 0 Å². The molecular formula is C17H20IOSi. The van der Waals surface area contributed by atoms with E-state index >= 15 is 0 Å². The number of benzene rings is 2. The van der Waals surface area contributed by atoms with Gasteiger partial charge in [0.2, 0.25) is 0 Å². The van der Waals surface area contributed by atoms with E-state index in [0.29, 0.717) is 3.92 Å². The van der Waals surface area contributed by atoms with Gasteiger partial charge in [0.05, 0.1) is 0 Å². The molecule has 2 atom stereocenters. The molecule has 105 valence electrons. The van der Waals surface area contributed by atoms with Gasteiger partial charge in [-0.15, -0.1) is 0 Å². The Balaban J connectivity index is 2.21. The van der Waals surface area contributed by atoms with Crippen molar-refractivity contribution in [3.8, 4) is 0 Å². The Kier molecular flexibility index (Phi) is 6.26. The molecule has 2 aromatic carbocycles. The summed E-state index contributed by atoms with van der Waals surface area (Å²) in [5.74, 6) is 0. The Labute approximate surface area is 137 Å². The lowest BCUT2D eigenvalue weighted by molar-refractivity contribution is 0.222. The lowest BCUT2D eigenvalue weighted by Crippen LogP contribution is -2.47. The summed E-state index contributed by atoms with van der Waals surface area (Å²) in [5, 5.41) is 2.63. The van der Waals surface area contributed by atoms with E-state index in [-0.39, 0.29) is 6.10 Å². The molecule has 20 heavy (non-hydrogen) atoms. The highest BCUT2D eigenvalue weighted by Gasteiger charge is 2.22. The van der Waals surface area contributed by atoms with E-state index < -0.39 is 9.04 Å². The largest absolute Gasteiger partial charge is 0.405 e. The van der Waals surface area contributed by atoms with E-state index in [2.05, 4.69) is 97.1 Å². The van der Waals surface area contributed by atoms with Crippen LogP contribution in [-0.4, -0.2) is 19.1 Å². The van der Waals surface area contributed by atoms with Gasteiger partial charge in [-0.05, 0) is 23.7 Å². The second-order valence-electron chi connectivity index (χ2n) is 5.01. The SMILES string of the molecule is CC(I)C[C@@H](C)O[Si](c1ccccc1)c1ccccc1. The minimum atomic E-state index is -1.15. The normalized spacial score (nSPS) is 14.2. The van der Waals surface area contributed by atoms with Gasteiger partial charge in [-0.25, -0.2) is 0 Å². The van der Waals surface area contributed by atoms with Gasteiger partial charge in [-0.1, -0.05) is 90.2 Å². The maximum atomic E-state index is 6.43. The predicted molar refractivity (Wildman–Crippen MR) is 96.6 cm³/mol. The number of hydrogen-bond donors (Lipinski definition) is 0. The van der Waals surface area contributed by atoms with Gasteiger partial charge in [0, 0.05) is 10.0 Å². The van der Waals surface area contributed by atoms with E-state index in [0.717, 1.165) is 6.42 Å². The molecule has 0 spiro atoms. The molecule has 0 bridgehead atoms. The standard InChI is InChI=1S/C17H20IOSi/c1-14(18)13-15(2)19-20(16-9-5-3-6-10-16)17-11-7-4-8-12-17/h3-12,14-15H,13H2,1-2H3/t14?,15-/m1/s1. The van der Waals surface area contributed by atoms with Gasteiger partial charge < -0.3 is 4.43 Å². The summed E-state index contributed by atoms with van der Waals surface area (Å²) in [5.41, 5.74) is 0. The molecule has 0 aromatic heterocycles. The highest BCUT2D eigenvalue weighted by molar-refractivity contribution is 14.1. The van der Waals surface area contributed by atoms with Crippen LogP contribution in [0.15, 0.2) is 60.7 Å². The van der Waals surface area contributed by atoms with Gasteiger partial charge in [-0.3, -0.25) is 0 Å². The Morgan fingerprint density at radius 1 is 0.900 bits per heavy atom. The summed E-state index contributed by atoms with van der Waals surface area (Å²) in [6.45, 7) is 4.42. The third-order valence-corrected chi connectivity index (χ3v) is 5.91. The first-order valence-electron chi connectivity index (χ1n) is 6.95. The number of halogens is 1. The summed E-state index contributed by atoms with van der Waals surface area (Å²) in [6, 6.07) is 21.2. The van der Waals surface area contributed by atoms with E-state index in [1.807, 2.05) is 0 Å². The van der Waals surface area contributed by atoms with Crippen molar-refractivity contribution in [3.63, 3.8) is 0 Å². The fourth-order valence-electron chi connectivity index (χ4n) is 2.19. The molecule has 0 aliphatic carbocycles. The van der Waals surface area contributed by atoms with Crippen LogP contribution in [0.5, 0.6) is 0 Å². The molecule has 0 aliphatic rings. The first kappa shape index (κ1) is 15.7. The third-order valence-electron chi connectivity index (χ3n) is 3.05. The third kappa shape index (κ3) is 4.72. The van der Waals surface area contributed by atoms with Crippen molar-refractivity contribution in [3.05, 3.63) is 60.7 Å². The van der Waals surface area contributed by atoms with Gasteiger partial charge in [0.1, 0.15) is 0 Å². The second-order valence-corrected chi connectivity index (χ2v) is 9.18. The summed E-state index contributed by atoms with van der Waals surface area (Å²) >= 11 is 2.47. The van der Waals surface area contributed by atoms with Crippen LogP contribution in [0, 0.1) is 0 Å². The van der Waals surface area contributed by atoms with Gasteiger partial charge in [0.25, 0.3) is 9.04 Å². The molecule has 0 saturated carbocycles. The quantitative estimate of drug-likeness (QED) is 0.414. The lowest BCUT2D eigenvalue weighted by Gasteiger charge is -2.22. The maximum absolute atomic E-state index is 6.43. The van der Waals surface area contributed by atoms with Crippen LogP contribution in [0.2, 0.25) is 0 Å². The average Bonchev–Trinajstić information content (AvgIpc) is 2.46. The van der Waals surface area contributed by atoms with Crippen molar-refractivity contribution in [2.75, 3.05) is 0 Å². The highest BCUT2D eigenvalue weighted by atomic mass is 127. The zero-order chi connectivity index (χ0) is 14.4. The molecule has 1 nitrogen and oxygen atoms in total. The molecule has 0 amide bonds. The average molecular weight is 395 g/mol. The summed E-state index contributed by atoms with van der Waals surface area (Å²) in [6.07, 6.45) is 1.38. The van der Waals surface area contributed by atoms with Gasteiger partial charge in [0.15, 0.2) is 0 Å². The monoisotopic (exact) mass is 395 g/mol. The Morgan fingerprint density at radius 2 is 1.35 bits per heavy atom. The number of rotatable bonds is 6. The second kappa shape index (κ2) is 7.95. The molecule has 0 heterocycles. The summed E-state index contributed by atoms with van der Waals surface area (Å²) < 4.78 is 7.07. The molecule has 2 aromatic rings. The van der Waals surface area contributed by atoms with Crippen molar-refractivity contribution >= 4 is 42.0 Å². The van der Waals surface area contributed by atoms with E-state index in [1.165, 1.54) is 10.4 Å². The topological polar surface area (TPSA) is 9.23 Å². The molecule has 2 rings (SSSR count). The first-order valence-corrected chi connectivity index (χ1v) is 9.60. The fourth-order valence-corrected chi connectivity index (χ4v) is 5.00. The molecular weight excluding hydrogens is 375 g/mol. The van der Waals surface area contributed by atoms with Gasteiger partial charge >= 0.3 is 0 Å². The Morgan fingerprint density at radius 3 is 1.75 bits per heavy atom. The van der Waals surface area contributed by atoms with Crippen LogP contribution < -0.4 is 10.4 Å². The lowest BCUT2D eigenvalue weighted by atomic mass is 10.2. The number of alkyl halides is 1. The van der Waals surface area contributed by atoms with Crippen LogP contribution >= 0.6 is 22.6 Å². The van der Waals surface area contributed by atoms with Crippen LogP contribution in [0.4, 0.5) is 0 Å². The van der Waals surface area contributed by atoms with Crippen LogP contribution in [0.25, 0.3) is 0 Å². The molecule has 0 saturated heterocycles.